The summed E-state index contributed by atoms with van der Waals surface area (Å²) in [6.45, 7) is 1.97. The van der Waals surface area contributed by atoms with Gasteiger partial charge in [-0.15, -0.1) is 0 Å². The molecule has 4 aromatic rings. The third-order valence-corrected chi connectivity index (χ3v) is 4.32. The lowest BCUT2D eigenvalue weighted by Gasteiger charge is -2.04. The maximum absolute atomic E-state index is 12.5. The van der Waals surface area contributed by atoms with Crippen molar-refractivity contribution in [2.75, 3.05) is 17.7 Å². The molecule has 28 heavy (non-hydrogen) atoms. The van der Waals surface area contributed by atoms with E-state index in [9.17, 15) is 4.79 Å². The second kappa shape index (κ2) is 7.10. The summed E-state index contributed by atoms with van der Waals surface area (Å²) < 4.78 is 3.30. The number of hydrogen-bond acceptors (Lipinski definition) is 6. The van der Waals surface area contributed by atoms with E-state index in [-0.39, 0.29) is 12.5 Å². The fourth-order valence-corrected chi connectivity index (χ4v) is 3.02. The maximum Gasteiger partial charge on any atom is 0.247 e. The van der Waals surface area contributed by atoms with Crippen molar-refractivity contribution in [1.82, 2.24) is 29.5 Å². The molecule has 0 saturated heterocycles. The molecule has 0 unspecified atom stereocenters. The number of aryl methyl sites for hydroxylation is 2. The number of carbonyl (C=O) groups excluding carboxylic acids is 1. The molecule has 0 fully saturated rings. The molecule has 0 saturated carbocycles. The lowest BCUT2D eigenvalue weighted by atomic mass is 10.2. The van der Waals surface area contributed by atoms with E-state index < -0.39 is 0 Å². The second-order valence-electron chi connectivity index (χ2n) is 6.43. The van der Waals surface area contributed by atoms with E-state index in [2.05, 4.69) is 30.8 Å². The summed E-state index contributed by atoms with van der Waals surface area (Å²) in [5, 5.41) is 15.4. The maximum atomic E-state index is 12.5. The van der Waals surface area contributed by atoms with E-state index in [1.54, 1.807) is 28.8 Å². The van der Waals surface area contributed by atoms with E-state index >= 15 is 0 Å². The molecule has 9 heteroatoms. The molecule has 3 aromatic heterocycles. The Morgan fingerprint density at radius 1 is 1.21 bits per heavy atom. The van der Waals surface area contributed by atoms with Gasteiger partial charge >= 0.3 is 0 Å². The molecule has 142 valence electrons. The molecule has 1 aromatic carbocycles. The van der Waals surface area contributed by atoms with Crippen molar-refractivity contribution in [3.63, 3.8) is 0 Å². The van der Waals surface area contributed by atoms with E-state index in [0.29, 0.717) is 11.6 Å². The van der Waals surface area contributed by atoms with Crippen LogP contribution in [-0.2, 0) is 18.4 Å². The highest BCUT2D eigenvalue weighted by atomic mass is 16.2. The van der Waals surface area contributed by atoms with Crippen molar-refractivity contribution >= 4 is 28.4 Å². The summed E-state index contributed by atoms with van der Waals surface area (Å²) in [6, 6.07) is 9.60. The van der Waals surface area contributed by atoms with Crippen LogP contribution in [0.2, 0.25) is 0 Å². The lowest BCUT2D eigenvalue weighted by Crippen LogP contribution is -2.19. The largest absolute Gasteiger partial charge is 0.373 e. The average Bonchev–Trinajstić information content (AvgIpc) is 3.26. The zero-order valence-electron chi connectivity index (χ0n) is 15.8. The number of para-hydroxylation sites is 1. The van der Waals surface area contributed by atoms with Gasteiger partial charge in [-0.05, 0) is 19.1 Å². The van der Waals surface area contributed by atoms with E-state index in [4.69, 9.17) is 0 Å². The first-order valence-corrected chi connectivity index (χ1v) is 8.81. The highest BCUT2D eigenvalue weighted by molar-refractivity contribution is 5.99. The normalized spacial score (nSPS) is 11.0. The Morgan fingerprint density at radius 3 is 2.86 bits per heavy atom. The van der Waals surface area contributed by atoms with Crippen molar-refractivity contribution in [3.8, 4) is 11.4 Å². The minimum atomic E-state index is -0.209. The molecule has 0 atom stereocenters. The van der Waals surface area contributed by atoms with Gasteiger partial charge in [0.25, 0.3) is 0 Å². The topological polar surface area (TPSA) is 103 Å². The molecule has 0 radical (unpaired) electrons. The minimum absolute atomic E-state index is 0.0651. The van der Waals surface area contributed by atoms with Gasteiger partial charge in [-0.2, -0.15) is 10.2 Å². The monoisotopic (exact) mass is 376 g/mol. The van der Waals surface area contributed by atoms with Gasteiger partial charge in [0.05, 0.1) is 17.3 Å². The molecular weight excluding hydrogens is 356 g/mol. The number of rotatable bonds is 5. The molecule has 2 N–H and O–H groups in total. The minimum Gasteiger partial charge on any atom is -0.373 e. The molecular formula is C19H20N8O. The smallest absolute Gasteiger partial charge is 0.247 e. The molecule has 4 rings (SSSR count). The quantitative estimate of drug-likeness (QED) is 0.554. The standard InChI is InChI=1S/C19H20N8O/c1-12-8-16(20-2)23-18(22-12)13-9-21-27(10-13)11-17(28)24-19-14-6-4-5-7-15(14)26(3)25-19/h4-10H,11H2,1-3H3,(H,20,22,23)(H,24,25,28). The van der Waals surface area contributed by atoms with E-state index in [1.807, 2.05) is 44.3 Å². The lowest BCUT2D eigenvalue weighted by molar-refractivity contribution is -0.116. The number of carbonyl (C=O) groups is 1. The van der Waals surface area contributed by atoms with Crippen molar-refractivity contribution in [2.45, 2.75) is 13.5 Å². The summed E-state index contributed by atoms with van der Waals surface area (Å²) in [6.07, 6.45) is 3.40. The Bertz CT molecular complexity index is 1160. The molecule has 0 aliphatic carbocycles. The van der Waals surface area contributed by atoms with Crippen molar-refractivity contribution in [1.29, 1.82) is 0 Å². The SMILES string of the molecule is CNc1cc(C)nc(-c2cnn(CC(=O)Nc3nn(C)c4ccccc34)c2)n1. The summed E-state index contributed by atoms with van der Waals surface area (Å²) in [5.74, 6) is 1.62. The summed E-state index contributed by atoms with van der Waals surface area (Å²) in [4.78, 5) is 21.3. The average molecular weight is 376 g/mol. The third kappa shape index (κ3) is 3.41. The van der Waals surface area contributed by atoms with Crippen LogP contribution >= 0.6 is 0 Å². The second-order valence-corrected chi connectivity index (χ2v) is 6.43. The molecule has 9 nitrogen and oxygen atoms in total. The molecule has 0 aliphatic rings. The Kier molecular flexibility index (Phi) is 4.48. The van der Waals surface area contributed by atoms with E-state index in [0.717, 1.165) is 28.0 Å². The van der Waals surface area contributed by atoms with Gasteiger partial charge in [-0.3, -0.25) is 14.2 Å². The van der Waals surface area contributed by atoms with Gasteiger partial charge in [0.2, 0.25) is 5.91 Å². The van der Waals surface area contributed by atoms with Gasteiger partial charge in [0.1, 0.15) is 12.4 Å². The van der Waals surface area contributed by atoms with Gasteiger partial charge in [0, 0.05) is 37.4 Å². The fraction of sp³-hybridized carbons (Fsp3) is 0.211. The molecule has 3 heterocycles. The van der Waals surface area contributed by atoms with Crippen LogP contribution in [0.3, 0.4) is 0 Å². The first-order chi connectivity index (χ1) is 13.5. The Morgan fingerprint density at radius 2 is 2.04 bits per heavy atom. The summed E-state index contributed by atoms with van der Waals surface area (Å²) in [5.41, 5.74) is 2.55. The Hall–Kier alpha value is -3.75. The van der Waals surface area contributed by atoms with Crippen LogP contribution in [0.1, 0.15) is 5.69 Å². The van der Waals surface area contributed by atoms with Crippen LogP contribution in [0.5, 0.6) is 0 Å². The first kappa shape index (κ1) is 17.7. The molecule has 1 amide bonds. The van der Waals surface area contributed by atoms with Crippen LogP contribution in [0.25, 0.3) is 22.3 Å². The predicted molar refractivity (Wildman–Crippen MR) is 107 cm³/mol. The number of nitrogens with one attached hydrogen (secondary N) is 2. The van der Waals surface area contributed by atoms with Crippen LogP contribution in [0.15, 0.2) is 42.7 Å². The third-order valence-electron chi connectivity index (χ3n) is 4.32. The highest BCUT2D eigenvalue weighted by Gasteiger charge is 2.13. The summed E-state index contributed by atoms with van der Waals surface area (Å²) >= 11 is 0. The van der Waals surface area contributed by atoms with Crippen LogP contribution < -0.4 is 10.6 Å². The van der Waals surface area contributed by atoms with Crippen LogP contribution in [0, 0.1) is 6.92 Å². The zero-order chi connectivity index (χ0) is 19.7. The van der Waals surface area contributed by atoms with Crippen LogP contribution in [0.4, 0.5) is 11.6 Å². The number of amides is 1. The van der Waals surface area contributed by atoms with Crippen molar-refractivity contribution < 1.29 is 4.79 Å². The highest BCUT2D eigenvalue weighted by Crippen LogP contribution is 2.22. The molecule has 0 aliphatic heterocycles. The molecule has 0 bridgehead atoms. The first-order valence-electron chi connectivity index (χ1n) is 8.81. The number of benzene rings is 1. The van der Waals surface area contributed by atoms with Gasteiger partial charge in [-0.1, -0.05) is 12.1 Å². The number of nitrogens with zero attached hydrogens (tertiary/aromatic N) is 6. The predicted octanol–water partition coefficient (Wildman–Crippen LogP) is 2.22. The number of aromatic nitrogens is 6. The van der Waals surface area contributed by atoms with Gasteiger partial charge < -0.3 is 10.6 Å². The number of fused-ring (bicyclic) bond motifs is 1. The zero-order valence-corrected chi connectivity index (χ0v) is 15.8. The number of hydrogen-bond donors (Lipinski definition) is 2. The van der Waals surface area contributed by atoms with Gasteiger partial charge in [0.15, 0.2) is 11.6 Å². The summed E-state index contributed by atoms with van der Waals surface area (Å²) in [7, 11) is 3.65. The van der Waals surface area contributed by atoms with Crippen LogP contribution in [-0.4, -0.2) is 42.5 Å². The molecule has 0 spiro atoms. The Balaban J connectivity index is 1.51. The van der Waals surface area contributed by atoms with Gasteiger partial charge in [-0.25, -0.2) is 9.97 Å². The van der Waals surface area contributed by atoms with E-state index in [1.165, 1.54) is 0 Å². The Labute approximate surface area is 161 Å². The fourth-order valence-electron chi connectivity index (χ4n) is 3.02. The van der Waals surface area contributed by atoms with Crippen molar-refractivity contribution in [2.24, 2.45) is 7.05 Å². The number of anilines is 2. The van der Waals surface area contributed by atoms with Crippen molar-refractivity contribution in [3.05, 3.63) is 48.4 Å².